The molecule has 0 fully saturated rings. The van der Waals surface area contributed by atoms with Crippen molar-refractivity contribution in [3.05, 3.63) is 95.0 Å². The van der Waals surface area contributed by atoms with Gasteiger partial charge in [0.05, 0.1) is 53.9 Å². The van der Waals surface area contributed by atoms with Gasteiger partial charge in [-0.25, -0.2) is 0 Å². The quantitative estimate of drug-likeness (QED) is 0.0539. The SMILES string of the molecule is COc1cc(/N=N/c2ccc(N(C)CCOC(=O)C(C)(C(C)(C)C)C(C)(C)N)cc2)c(OC)cc1/N=N/c1ccc(/N=N/c2ccc([N+](=O)[O-])cc2)cc1. The van der Waals surface area contributed by atoms with Crippen molar-refractivity contribution in [2.45, 2.75) is 47.1 Å². The maximum atomic E-state index is 13.2. The van der Waals surface area contributed by atoms with Crippen molar-refractivity contribution in [2.75, 3.05) is 39.3 Å². The molecule has 2 N–H and O–H groups in total. The number of ether oxygens (including phenoxy) is 3. The molecular weight excluding hydrogens is 690 g/mol. The molecule has 0 aromatic heterocycles. The lowest BCUT2D eigenvalue weighted by atomic mass is 9.58. The predicted octanol–water partition coefficient (Wildman–Crippen LogP) is 10.6. The molecule has 0 heterocycles. The van der Waals surface area contributed by atoms with Gasteiger partial charge in [-0.3, -0.25) is 14.9 Å². The summed E-state index contributed by atoms with van der Waals surface area (Å²) >= 11 is 0. The number of non-ortho nitro benzene ring substituents is 1. The summed E-state index contributed by atoms with van der Waals surface area (Å²) in [5, 5.41) is 36.6. The van der Waals surface area contributed by atoms with Crippen LogP contribution in [0.2, 0.25) is 0 Å². The third-order valence-corrected chi connectivity index (χ3v) is 9.37. The first kappa shape index (κ1) is 40.7. The minimum absolute atomic E-state index is 0.0182. The summed E-state index contributed by atoms with van der Waals surface area (Å²) in [7, 11) is 4.96. The van der Waals surface area contributed by atoms with Crippen LogP contribution in [0.4, 0.5) is 45.5 Å². The van der Waals surface area contributed by atoms with Crippen LogP contribution in [0.25, 0.3) is 0 Å². The molecule has 1 unspecified atom stereocenters. The van der Waals surface area contributed by atoms with Crippen molar-refractivity contribution in [2.24, 2.45) is 47.2 Å². The van der Waals surface area contributed by atoms with Crippen LogP contribution in [0.1, 0.15) is 41.5 Å². The molecule has 15 heteroatoms. The molecule has 0 amide bonds. The Labute approximate surface area is 315 Å². The number of carbonyl (C=O) groups excluding carboxylic acids is 1. The molecule has 4 aromatic rings. The standard InChI is InChI=1S/C39H47N9O6/c1-37(2,3)39(6,38(4,5)40)36(49)54-23-22-47(7)30-18-14-29(15-19-30)44-46-33-25-34(52-8)32(24-35(33)53-9)45-43-27-12-10-26(11-13-27)41-42-28-16-20-31(21-17-28)48(50)51/h10-21,24-25H,22-23,40H2,1-9H3/b42-41+,45-43+,46-44+. The van der Waals surface area contributed by atoms with E-state index in [4.69, 9.17) is 19.9 Å². The second kappa shape index (κ2) is 17.2. The highest BCUT2D eigenvalue weighted by Crippen LogP contribution is 2.46. The molecule has 54 heavy (non-hydrogen) atoms. The van der Waals surface area contributed by atoms with Crippen molar-refractivity contribution in [1.29, 1.82) is 0 Å². The fourth-order valence-electron chi connectivity index (χ4n) is 5.45. The van der Waals surface area contributed by atoms with E-state index in [1.807, 2.05) is 77.8 Å². The molecule has 0 radical (unpaired) electrons. The Hall–Kier alpha value is -6.09. The number of carbonyl (C=O) groups is 1. The van der Waals surface area contributed by atoms with E-state index < -0.39 is 21.3 Å². The lowest BCUT2D eigenvalue weighted by Gasteiger charge is -2.48. The Morgan fingerprint density at radius 3 is 1.46 bits per heavy atom. The van der Waals surface area contributed by atoms with E-state index in [9.17, 15) is 14.9 Å². The van der Waals surface area contributed by atoms with Crippen LogP contribution in [0.15, 0.2) is 116 Å². The van der Waals surface area contributed by atoms with Crippen LogP contribution >= 0.6 is 0 Å². The van der Waals surface area contributed by atoms with Gasteiger partial charge in [-0.05, 0) is 86.8 Å². The lowest BCUT2D eigenvalue weighted by molar-refractivity contribution is -0.384. The molecule has 0 bridgehead atoms. The van der Waals surface area contributed by atoms with Gasteiger partial charge >= 0.3 is 5.97 Å². The van der Waals surface area contributed by atoms with E-state index in [0.717, 1.165) is 5.69 Å². The number of nitrogens with zero attached hydrogens (tertiary/aromatic N) is 8. The number of benzene rings is 4. The second-order valence-corrected chi connectivity index (χ2v) is 14.3. The normalized spacial score (nSPS) is 13.3. The number of nitrogens with two attached hydrogens (primary N) is 1. The Morgan fingerprint density at radius 2 is 1.09 bits per heavy atom. The van der Waals surface area contributed by atoms with Gasteiger partial charge in [0.2, 0.25) is 0 Å². The Balaban J connectivity index is 1.38. The summed E-state index contributed by atoms with van der Waals surface area (Å²) in [6.45, 7) is 12.3. The van der Waals surface area contributed by atoms with Crippen LogP contribution < -0.4 is 20.1 Å². The molecule has 0 aliphatic carbocycles. The molecule has 0 saturated heterocycles. The van der Waals surface area contributed by atoms with E-state index in [1.165, 1.54) is 38.5 Å². The maximum Gasteiger partial charge on any atom is 0.314 e. The topological polar surface area (TPSA) is 191 Å². The number of esters is 1. The number of nitro benzene ring substituents is 1. The van der Waals surface area contributed by atoms with Crippen molar-refractivity contribution < 1.29 is 23.9 Å². The molecule has 4 rings (SSSR count). The van der Waals surface area contributed by atoms with Crippen LogP contribution in [-0.4, -0.2) is 50.9 Å². The summed E-state index contributed by atoms with van der Waals surface area (Å²) < 4.78 is 16.9. The molecule has 4 aromatic carbocycles. The zero-order valence-corrected chi connectivity index (χ0v) is 32.1. The number of hydrogen-bond donors (Lipinski definition) is 1. The molecule has 15 nitrogen and oxygen atoms in total. The zero-order valence-electron chi connectivity index (χ0n) is 32.1. The number of azo groups is 3. The molecule has 0 aliphatic heterocycles. The largest absolute Gasteiger partial charge is 0.494 e. The van der Waals surface area contributed by atoms with Gasteiger partial charge in [-0.15, -0.1) is 10.2 Å². The van der Waals surface area contributed by atoms with E-state index in [-0.39, 0.29) is 18.3 Å². The highest BCUT2D eigenvalue weighted by atomic mass is 16.6. The fourth-order valence-corrected chi connectivity index (χ4v) is 5.45. The third-order valence-electron chi connectivity index (χ3n) is 9.37. The Kier molecular flexibility index (Phi) is 12.9. The Morgan fingerprint density at radius 1 is 0.704 bits per heavy atom. The second-order valence-electron chi connectivity index (χ2n) is 14.3. The van der Waals surface area contributed by atoms with Gasteiger partial charge < -0.3 is 24.8 Å². The van der Waals surface area contributed by atoms with Crippen molar-refractivity contribution in [3.8, 4) is 11.5 Å². The number of nitro groups is 1. The highest BCUT2D eigenvalue weighted by molar-refractivity contribution is 5.79. The van der Waals surface area contributed by atoms with Gasteiger partial charge in [-0.1, -0.05) is 20.8 Å². The van der Waals surface area contributed by atoms with Gasteiger partial charge in [0, 0.05) is 42.5 Å². The minimum atomic E-state index is -0.881. The molecule has 0 saturated carbocycles. The third kappa shape index (κ3) is 9.86. The first-order chi connectivity index (χ1) is 25.5. The fraction of sp³-hybridized carbons (Fsp3) is 0.359. The summed E-state index contributed by atoms with van der Waals surface area (Å²) in [5.41, 5.74) is 8.37. The smallest absolute Gasteiger partial charge is 0.314 e. The Bertz CT molecular complexity index is 1990. The summed E-state index contributed by atoms with van der Waals surface area (Å²) in [6.07, 6.45) is 0. The van der Waals surface area contributed by atoms with Crippen LogP contribution in [0.3, 0.4) is 0 Å². The first-order valence-corrected chi connectivity index (χ1v) is 17.1. The summed E-state index contributed by atoms with van der Waals surface area (Å²) in [4.78, 5) is 25.5. The molecule has 0 spiro atoms. The maximum absolute atomic E-state index is 13.2. The number of likely N-dealkylation sites (N-methyl/N-ethyl adjacent to an activating group) is 1. The van der Waals surface area contributed by atoms with Crippen LogP contribution in [0, 0.1) is 20.9 Å². The molecular formula is C39H47N9O6. The van der Waals surface area contributed by atoms with Crippen LogP contribution in [-0.2, 0) is 9.53 Å². The molecule has 1 atom stereocenters. The van der Waals surface area contributed by atoms with Crippen molar-refractivity contribution in [3.63, 3.8) is 0 Å². The predicted molar refractivity (Wildman–Crippen MR) is 208 cm³/mol. The first-order valence-electron chi connectivity index (χ1n) is 17.1. The van der Waals surface area contributed by atoms with Gasteiger partial charge in [-0.2, -0.15) is 20.5 Å². The number of anilines is 1. The van der Waals surface area contributed by atoms with Crippen molar-refractivity contribution >= 4 is 51.5 Å². The average molecular weight is 738 g/mol. The monoisotopic (exact) mass is 737 g/mol. The van der Waals surface area contributed by atoms with E-state index in [0.29, 0.717) is 52.2 Å². The van der Waals surface area contributed by atoms with Gasteiger partial charge in [0.1, 0.15) is 29.5 Å². The molecule has 284 valence electrons. The number of rotatable bonds is 15. The van der Waals surface area contributed by atoms with Gasteiger partial charge in [0.15, 0.2) is 0 Å². The minimum Gasteiger partial charge on any atom is -0.494 e. The van der Waals surface area contributed by atoms with E-state index in [2.05, 4.69) is 30.7 Å². The van der Waals surface area contributed by atoms with Gasteiger partial charge in [0.25, 0.3) is 5.69 Å². The highest BCUT2D eigenvalue weighted by Gasteiger charge is 2.54. The summed E-state index contributed by atoms with van der Waals surface area (Å²) in [6, 6.07) is 23.5. The van der Waals surface area contributed by atoms with E-state index >= 15 is 0 Å². The van der Waals surface area contributed by atoms with Crippen molar-refractivity contribution in [1.82, 2.24) is 0 Å². The zero-order chi connectivity index (χ0) is 39.7. The lowest BCUT2D eigenvalue weighted by Crippen LogP contribution is -2.60. The summed E-state index contributed by atoms with van der Waals surface area (Å²) in [5.74, 6) is 0.518. The molecule has 0 aliphatic rings. The number of hydrogen-bond acceptors (Lipinski definition) is 14. The average Bonchev–Trinajstić information content (AvgIpc) is 3.14. The van der Waals surface area contributed by atoms with E-state index in [1.54, 1.807) is 36.4 Å². The number of methoxy groups -OCH3 is 2. The van der Waals surface area contributed by atoms with Crippen LogP contribution in [0.5, 0.6) is 11.5 Å².